The number of fused-ring (bicyclic) bond motifs is 2. The van der Waals surface area contributed by atoms with Crippen LogP contribution in [0.2, 0.25) is 0 Å². The molecule has 13 nitrogen and oxygen atoms in total. The molecular weight excluding hydrogens is 687 g/mol. The predicted octanol–water partition coefficient (Wildman–Crippen LogP) is 3.66. The summed E-state index contributed by atoms with van der Waals surface area (Å²) in [6.45, 7) is 4.94. The maximum Gasteiger partial charge on any atom is 0.407 e. The molecule has 2 fully saturated rings. The van der Waals surface area contributed by atoms with Crippen LogP contribution in [0.1, 0.15) is 37.1 Å². The van der Waals surface area contributed by atoms with Crippen molar-refractivity contribution in [3.05, 3.63) is 95.9 Å². The van der Waals surface area contributed by atoms with Gasteiger partial charge in [0.15, 0.2) is 6.29 Å². The molecule has 0 aliphatic carbocycles. The Balaban J connectivity index is 1.20. The van der Waals surface area contributed by atoms with Crippen molar-refractivity contribution in [3.8, 4) is 0 Å². The van der Waals surface area contributed by atoms with Crippen LogP contribution in [-0.4, -0.2) is 104 Å². The fraction of sp³-hybridized carbons (Fsp3) is 0.447. The van der Waals surface area contributed by atoms with Crippen LogP contribution in [0.3, 0.4) is 0 Å². The van der Waals surface area contributed by atoms with E-state index in [9.17, 15) is 23.1 Å². The smallest absolute Gasteiger partial charge is 0.407 e. The molecule has 3 aromatic rings. The summed E-state index contributed by atoms with van der Waals surface area (Å²) in [5.41, 5.74) is 3.10. The topological polar surface area (TPSA) is 160 Å². The highest BCUT2D eigenvalue weighted by molar-refractivity contribution is 7.89. The standard InChI is InChI=1S/C38H47N5O8S/c1-25(2)21-43(23-34(44)33(19-26-9-5-4-6-10-26)41-38(46)51-35-24-50-37-29(35)15-18-49-37)52(47,48)28-12-13-32-30(20-28)31(36(45)40-32)22-42(3)17-14-27-11-7-8-16-39-27/h4-13,16,20,22,25,29,33-35,37,44H,14-15,17-19,21,23-24H2,1-3H3,(H,40,45)(H,41,46)/b31-22-/t29?,33-,34+,35-,37?/m0/s1. The third-order valence-electron chi connectivity index (χ3n) is 9.48. The number of hydrogen-bond acceptors (Lipinski definition) is 10. The number of sulfonamides is 1. The van der Waals surface area contributed by atoms with Gasteiger partial charge < -0.3 is 34.9 Å². The Kier molecular flexibility index (Phi) is 11.9. The molecule has 2 unspecified atom stereocenters. The molecule has 278 valence electrons. The van der Waals surface area contributed by atoms with Crippen LogP contribution >= 0.6 is 0 Å². The second-order valence-electron chi connectivity index (χ2n) is 13.9. The van der Waals surface area contributed by atoms with E-state index in [0.29, 0.717) is 42.8 Å². The number of likely N-dealkylation sites (N-methyl/N-ethyl adjacent to an activating group) is 1. The molecule has 3 aliphatic rings. The summed E-state index contributed by atoms with van der Waals surface area (Å²) in [7, 11) is -2.33. The van der Waals surface area contributed by atoms with E-state index in [1.165, 1.54) is 16.4 Å². The van der Waals surface area contributed by atoms with Gasteiger partial charge in [-0.2, -0.15) is 4.31 Å². The minimum Gasteiger partial charge on any atom is -0.443 e. The summed E-state index contributed by atoms with van der Waals surface area (Å²) in [6.07, 6.45) is 2.16. The maximum absolute atomic E-state index is 14.3. The molecule has 2 aromatic carbocycles. The van der Waals surface area contributed by atoms with Crippen LogP contribution in [0.15, 0.2) is 84.0 Å². The van der Waals surface area contributed by atoms with Crippen molar-refractivity contribution in [2.45, 2.75) is 62.5 Å². The maximum atomic E-state index is 14.3. The Bertz CT molecular complexity index is 1840. The molecule has 52 heavy (non-hydrogen) atoms. The number of benzene rings is 2. The van der Waals surface area contributed by atoms with Crippen LogP contribution in [0.4, 0.5) is 10.5 Å². The molecular formula is C38H47N5O8S. The highest BCUT2D eigenvalue weighted by Crippen LogP contribution is 2.35. The van der Waals surface area contributed by atoms with E-state index in [2.05, 4.69) is 15.6 Å². The number of carbonyl (C=O) groups is 2. The zero-order chi connectivity index (χ0) is 36.8. The number of nitrogens with one attached hydrogen (secondary N) is 2. The fourth-order valence-electron chi connectivity index (χ4n) is 6.76. The molecule has 0 bridgehead atoms. The second kappa shape index (κ2) is 16.6. The van der Waals surface area contributed by atoms with Crippen molar-refractivity contribution in [1.29, 1.82) is 0 Å². The van der Waals surface area contributed by atoms with Crippen molar-refractivity contribution < 1.29 is 37.3 Å². The predicted molar refractivity (Wildman–Crippen MR) is 194 cm³/mol. The summed E-state index contributed by atoms with van der Waals surface area (Å²) in [5.74, 6) is -0.474. The minimum atomic E-state index is -4.18. The molecule has 3 N–H and O–H groups in total. The highest BCUT2D eigenvalue weighted by Gasteiger charge is 2.44. The van der Waals surface area contributed by atoms with Gasteiger partial charge >= 0.3 is 6.09 Å². The lowest BCUT2D eigenvalue weighted by Crippen LogP contribution is -2.51. The summed E-state index contributed by atoms with van der Waals surface area (Å²) in [6, 6.07) is 18.7. The molecule has 2 saturated heterocycles. The number of aliphatic hydroxyl groups excluding tert-OH is 1. The fourth-order valence-corrected chi connectivity index (χ4v) is 8.41. The van der Waals surface area contributed by atoms with Crippen molar-refractivity contribution in [1.82, 2.24) is 19.5 Å². The lowest BCUT2D eigenvalue weighted by Gasteiger charge is -2.31. The third-order valence-corrected chi connectivity index (χ3v) is 11.3. The first-order valence-corrected chi connectivity index (χ1v) is 19.1. The largest absolute Gasteiger partial charge is 0.443 e. The number of anilines is 1. The van der Waals surface area contributed by atoms with Crippen LogP contribution in [0.25, 0.3) is 5.57 Å². The number of pyridine rings is 1. The molecule has 14 heteroatoms. The number of nitrogens with zero attached hydrogens (tertiary/aromatic N) is 3. The van der Waals surface area contributed by atoms with Crippen molar-refractivity contribution in [2.24, 2.45) is 11.8 Å². The van der Waals surface area contributed by atoms with E-state index < -0.39 is 40.7 Å². The van der Waals surface area contributed by atoms with E-state index in [0.717, 1.165) is 11.3 Å². The Morgan fingerprint density at radius 1 is 1.12 bits per heavy atom. The van der Waals surface area contributed by atoms with Crippen LogP contribution in [0.5, 0.6) is 0 Å². The van der Waals surface area contributed by atoms with Gasteiger partial charge in [-0.15, -0.1) is 0 Å². The van der Waals surface area contributed by atoms with Gasteiger partial charge in [0.05, 0.1) is 41.7 Å². The van der Waals surface area contributed by atoms with E-state index in [-0.39, 0.29) is 48.8 Å². The van der Waals surface area contributed by atoms with Crippen LogP contribution in [-0.2, 0) is 41.9 Å². The number of ether oxygens (including phenoxy) is 3. The summed E-state index contributed by atoms with van der Waals surface area (Å²) in [4.78, 5) is 32.5. The van der Waals surface area contributed by atoms with Gasteiger partial charge in [0, 0.05) is 62.4 Å². The Morgan fingerprint density at radius 3 is 2.65 bits per heavy atom. The number of rotatable bonds is 15. The molecule has 0 radical (unpaired) electrons. The van der Waals surface area contributed by atoms with Gasteiger partial charge in [0.1, 0.15) is 6.10 Å². The lowest BCUT2D eigenvalue weighted by molar-refractivity contribution is -0.110. The zero-order valence-corrected chi connectivity index (χ0v) is 30.5. The SMILES string of the molecule is CC(C)CN(C[C@@H](O)[C@H](Cc1ccccc1)NC(=O)O[C@H]1COC2OCCC21)S(=O)(=O)c1ccc2c(c1)/C(=C/N(C)CCc1ccccn1)C(=O)N2. The Labute approximate surface area is 305 Å². The number of alkyl carbamates (subject to hydrolysis) is 1. The van der Waals surface area contributed by atoms with E-state index >= 15 is 0 Å². The number of aliphatic hydroxyl groups is 1. The number of amides is 2. The first-order valence-electron chi connectivity index (χ1n) is 17.7. The van der Waals surface area contributed by atoms with E-state index in [1.54, 1.807) is 18.5 Å². The molecule has 1 aromatic heterocycles. The van der Waals surface area contributed by atoms with Gasteiger partial charge in [-0.25, -0.2) is 13.2 Å². The first kappa shape index (κ1) is 37.4. The van der Waals surface area contributed by atoms with Gasteiger partial charge in [-0.1, -0.05) is 50.2 Å². The monoisotopic (exact) mass is 733 g/mol. The summed E-state index contributed by atoms with van der Waals surface area (Å²) < 4.78 is 46.8. The number of hydrogen-bond donors (Lipinski definition) is 3. The van der Waals surface area contributed by atoms with Crippen molar-refractivity contribution >= 4 is 33.3 Å². The number of aromatic nitrogens is 1. The number of carbonyl (C=O) groups excluding carboxylic acids is 2. The molecule has 0 spiro atoms. The van der Waals surface area contributed by atoms with Crippen molar-refractivity contribution in [3.63, 3.8) is 0 Å². The lowest BCUT2D eigenvalue weighted by atomic mass is 10.0. The molecule has 2 amide bonds. The first-order chi connectivity index (χ1) is 25.0. The molecule has 4 heterocycles. The Morgan fingerprint density at radius 2 is 1.90 bits per heavy atom. The van der Waals surface area contributed by atoms with Crippen LogP contribution in [0, 0.1) is 11.8 Å². The van der Waals surface area contributed by atoms with Crippen LogP contribution < -0.4 is 10.6 Å². The second-order valence-corrected chi connectivity index (χ2v) is 15.9. The zero-order valence-electron chi connectivity index (χ0n) is 29.7. The van der Waals surface area contributed by atoms with E-state index in [1.807, 2.05) is 74.3 Å². The van der Waals surface area contributed by atoms with Crippen molar-refractivity contribution in [2.75, 3.05) is 45.2 Å². The normalized spacial score (nSPS) is 21.5. The molecule has 0 saturated carbocycles. The van der Waals surface area contributed by atoms with Gasteiger partial charge in [0.25, 0.3) is 5.91 Å². The average Bonchev–Trinajstić information content (AvgIpc) is 3.83. The minimum absolute atomic E-state index is 0.0146. The molecule has 3 aliphatic heterocycles. The van der Waals surface area contributed by atoms with Gasteiger partial charge in [-0.05, 0) is 54.7 Å². The molecule has 5 atom stereocenters. The highest BCUT2D eigenvalue weighted by atomic mass is 32.2. The molecule has 6 rings (SSSR count). The third kappa shape index (κ3) is 8.99. The quantitative estimate of drug-likeness (QED) is 0.197. The summed E-state index contributed by atoms with van der Waals surface area (Å²) in [5, 5.41) is 17.3. The summed E-state index contributed by atoms with van der Waals surface area (Å²) >= 11 is 0. The average molecular weight is 734 g/mol. The van der Waals surface area contributed by atoms with Gasteiger partial charge in [-0.3, -0.25) is 9.78 Å². The van der Waals surface area contributed by atoms with Gasteiger partial charge in [0.2, 0.25) is 10.0 Å². The van der Waals surface area contributed by atoms with E-state index in [4.69, 9.17) is 14.2 Å². The Hall–Kier alpha value is -4.34.